The molecule has 3 N–H and O–H groups in total. The lowest BCUT2D eigenvalue weighted by Crippen LogP contribution is -2.21. The van der Waals surface area contributed by atoms with Crippen LogP contribution in [0.2, 0.25) is 0 Å². The average Bonchev–Trinajstić information content (AvgIpc) is 3.54. The molecule has 1 aliphatic carbocycles. The molecule has 3 aromatic heterocycles. The molecule has 0 amide bonds. The molecule has 1 aromatic carbocycles. The third kappa shape index (κ3) is 4.90. The van der Waals surface area contributed by atoms with Crippen LogP contribution >= 0.6 is 0 Å². The van der Waals surface area contributed by atoms with E-state index in [9.17, 15) is 4.39 Å². The number of nitriles is 1. The van der Waals surface area contributed by atoms with E-state index in [4.69, 9.17) is 15.2 Å². The van der Waals surface area contributed by atoms with Crippen molar-refractivity contribution in [1.29, 1.82) is 5.26 Å². The van der Waals surface area contributed by atoms with Crippen LogP contribution in [0.3, 0.4) is 0 Å². The second-order valence-electron chi connectivity index (χ2n) is 7.42. The van der Waals surface area contributed by atoms with Crippen molar-refractivity contribution in [3.8, 4) is 6.07 Å². The molecule has 0 bridgehead atoms. The third-order valence-corrected chi connectivity index (χ3v) is 5.42. The topological polar surface area (TPSA) is 132 Å². The van der Waals surface area contributed by atoms with Crippen molar-refractivity contribution < 1.29 is 17.1 Å². The van der Waals surface area contributed by atoms with Gasteiger partial charge in [0.25, 0.3) is 6.47 Å². The minimum absolute atomic E-state index is 0. The fourth-order valence-corrected chi connectivity index (χ4v) is 3.87. The van der Waals surface area contributed by atoms with Gasteiger partial charge in [-0.2, -0.15) is 5.26 Å². The Labute approximate surface area is 186 Å². The van der Waals surface area contributed by atoms with Gasteiger partial charge in [0.1, 0.15) is 17.7 Å². The predicted octanol–water partition coefficient (Wildman–Crippen LogP) is 3.66. The minimum Gasteiger partial charge on any atom is -0.483 e. The highest BCUT2D eigenvalue weighted by atomic mass is 19.1. The van der Waals surface area contributed by atoms with Crippen LogP contribution in [-0.2, 0) is 4.79 Å². The fraction of sp³-hybridized carbons (Fsp3) is 0.318. The Kier molecular flexibility index (Phi) is 7.46. The second-order valence-corrected chi connectivity index (χ2v) is 7.42. The van der Waals surface area contributed by atoms with Crippen LogP contribution in [-0.4, -0.2) is 49.2 Å². The number of rotatable bonds is 2. The summed E-state index contributed by atoms with van der Waals surface area (Å²) in [6, 6.07) is 8.85. The molecule has 4 aromatic rings. The van der Waals surface area contributed by atoms with Crippen LogP contribution in [0.25, 0.3) is 16.8 Å². The zero-order chi connectivity index (χ0) is 23.1. The predicted molar refractivity (Wildman–Crippen MR) is 121 cm³/mol. The molecule has 0 aliphatic heterocycles. The Hall–Kier alpha value is -3.84. The minimum atomic E-state index is -0.451. The zero-order valence-corrected chi connectivity index (χ0v) is 17.8. The maximum Gasteiger partial charge on any atom is 0.290 e. The van der Waals surface area contributed by atoms with E-state index in [1.54, 1.807) is 18.3 Å². The molecule has 0 radical (unpaired) electrons. The van der Waals surface area contributed by atoms with Crippen molar-refractivity contribution in [2.45, 2.75) is 38.1 Å². The van der Waals surface area contributed by atoms with Gasteiger partial charge in [0.15, 0.2) is 11.3 Å². The van der Waals surface area contributed by atoms with Gasteiger partial charge in [0.2, 0.25) is 0 Å². The zero-order valence-electron chi connectivity index (χ0n) is 17.8. The number of nitrogens with one attached hydrogen (secondary N) is 2. The van der Waals surface area contributed by atoms with Crippen molar-refractivity contribution in [3.05, 3.63) is 59.4 Å². The van der Waals surface area contributed by atoms with Crippen LogP contribution in [0.15, 0.2) is 36.7 Å². The van der Waals surface area contributed by atoms with Gasteiger partial charge in [0.05, 0.1) is 17.3 Å². The monoisotopic (exact) mass is 441 g/mol. The normalized spacial score (nSPS) is 17.2. The van der Waals surface area contributed by atoms with Gasteiger partial charge in [-0.3, -0.25) is 9.20 Å². The van der Waals surface area contributed by atoms with E-state index in [0.29, 0.717) is 12.0 Å². The number of hydrogen-bond donors (Lipinski definition) is 3. The molecule has 5 rings (SSSR count). The highest BCUT2D eigenvalue weighted by Crippen LogP contribution is 2.34. The summed E-state index contributed by atoms with van der Waals surface area (Å²) in [4.78, 5) is 15.8. The number of aromatic amines is 1. The number of carbonyl (C=O) groups is 1. The molecule has 3 heterocycles. The second kappa shape index (κ2) is 10.5. The van der Waals surface area contributed by atoms with Crippen LogP contribution in [0, 0.1) is 24.1 Å². The third-order valence-electron chi connectivity index (χ3n) is 5.42. The lowest BCUT2D eigenvalue weighted by atomic mass is 10.1. The van der Waals surface area contributed by atoms with Crippen molar-refractivity contribution in [2.75, 3.05) is 7.05 Å². The van der Waals surface area contributed by atoms with Gasteiger partial charge in [-0.05, 0) is 57.0 Å². The first-order valence-corrected chi connectivity index (χ1v) is 10.1. The number of aryl methyl sites for hydroxylation is 1. The Morgan fingerprint density at radius 2 is 2.16 bits per heavy atom. The first-order valence-electron chi connectivity index (χ1n) is 10.1. The summed E-state index contributed by atoms with van der Waals surface area (Å²) in [5.41, 5.74) is 3.79. The SMILES string of the molecule is CN[C@H]1CC[C@@H](c2nnc3cnc4[nH]ccc4n23)C1.Cc1ccc(F)c(C#N)c1.O=CO.[HH].[HH]. The maximum absolute atomic E-state index is 12.5. The van der Waals surface area contributed by atoms with Gasteiger partial charge in [0, 0.05) is 21.0 Å². The molecule has 0 saturated heterocycles. The number of aromatic nitrogens is 5. The average molecular weight is 442 g/mol. The molecule has 9 nitrogen and oxygen atoms in total. The van der Waals surface area contributed by atoms with Gasteiger partial charge < -0.3 is 15.4 Å². The number of H-pyrrole nitrogens is 1. The smallest absolute Gasteiger partial charge is 0.290 e. The highest BCUT2D eigenvalue weighted by Gasteiger charge is 2.28. The molecule has 2 atom stereocenters. The van der Waals surface area contributed by atoms with Crippen molar-refractivity contribution >= 4 is 23.3 Å². The Morgan fingerprint density at radius 1 is 1.38 bits per heavy atom. The number of carboxylic acid groups (broad SMARTS) is 1. The van der Waals surface area contributed by atoms with Crippen LogP contribution in [0.1, 0.15) is 45.0 Å². The molecular formula is C22H28FN7O2. The molecular weight excluding hydrogens is 413 g/mol. The highest BCUT2D eigenvalue weighted by molar-refractivity contribution is 5.74. The Balaban J connectivity index is 0.000000331. The van der Waals surface area contributed by atoms with E-state index in [0.717, 1.165) is 34.6 Å². The van der Waals surface area contributed by atoms with Crippen LogP contribution in [0.5, 0.6) is 0 Å². The van der Waals surface area contributed by atoms with Gasteiger partial charge >= 0.3 is 0 Å². The van der Waals surface area contributed by atoms with Crippen LogP contribution < -0.4 is 5.32 Å². The van der Waals surface area contributed by atoms with E-state index < -0.39 is 5.82 Å². The van der Waals surface area contributed by atoms with Crippen molar-refractivity contribution in [2.24, 2.45) is 0 Å². The summed E-state index contributed by atoms with van der Waals surface area (Å²) in [5, 5.41) is 27.3. The van der Waals surface area contributed by atoms with Crippen molar-refractivity contribution in [1.82, 2.24) is 29.9 Å². The molecule has 1 saturated carbocycles. The summed E-state index contributed by atoms with van der Waals surface area (Å²) in [5.74, 6) is 1.10. The molecule has 170 valence electrons. The van der Waals surface area contributed by atoms with Gasteiger partial charge in [-0.1, -0.05) is 6.07 Å². The van der Waals surface area contributed by atoms with Crippen molar-refractivity contribution in [3.63, 3.8) is 0 Å². The molecule has 0 spiro atoms. The maximum atomic E-state index is 12.5. The molecule has 10 heteroatoms. The van der Waals surface area contributed by atoms with E-state index in [1.165, 1.54) is 25.0 Å². The quantitative estimate of drug-likeness (QED) is 0.404. The summed E-state index contributed by atoms with van der Waals surface area (Å²) in [6.07, 6.45) is 7.19. The summed E-state index contributed by atoms with van der Waals surface area (Å²) in [6.45, 7) is 1.57. The Morgan fingerprint density at radius 3 is 2.81 bits per heavy atom. The molecule has 1 aliphatic rings. The van der Waals surface area contributed by atoms with Crippen LogP contribution in [0.4, 0.5) is 4.39 Å². The summed E-state index contributed by atoms with van der Waals surface area (Å²) in [7, 11) is 2.03. The largest absolute Gasteiger partial charge is 0.483 e. The lowest BCUT2D eigenvalue weighted by molar-refractivity contribution is -0.122. The van der Waals surface area contributed by atoms with Gasteiger partial charge in [-0.15, -0.1) is 10.2 Å². The molecule has 0 unspecified atom stereocenters. The van der Waals surface area contributed by atoms with E-state index >= 15 is 0 Å². The summed E-state index contributed by atoms with van der Waals surface area (Å²) < 4.78 is 14.7. The standard InChI is InChI=1S/C13H16N6.C8H6FN.CH2O2.2H2/c1-14-9-3-2-8(6-9)13-18-17-11-7-16-12-10(19(11)13)4-5-15-12;1-6-2-3-8(9)7(4-6)5-10;2-1-3;;/h4-5,7-9,14-15H,2-3,6H2,1H3;2-4H,1H3;1H,(H,2,3);2*1H/t8-,9+;;;;/m1..../s1. The number of halogens is 1. The number of fused-ring (bicyclic) bond motifs is 3. The first kappa shape index (κ1) is 22.8. The van der Waals surface area contributed by atoms with E-state index in [2.05, 4.69) is 29.9 Å². The first-order chi connectivity index (χ1) is 15.5. The number of benzene rings is 1. The molecule has 1 fully saturated rings. The lowest BCUT2D eigenvalue weighted by Gasteiger charge is -2.09. The number of nitrogens with zero attached hydrogens (tertiary/aromatic N) is 5. The Bertz CT molecular complexity index is 1260. The summed E-state index contributed by atoms with van der Waals surface area (Å²) >= 11 is 0. The molecule has 32 heavy (non-hydrogen) atoms. The van der Waals surface area contributed by atoms with E-state index in [1.807, 2.05) is 26.2 Å². The van der Waals surface area contributed by atoms with E-state index in [-0.39, 0.29) is 14.9 Å². The fourth-order valence-electron chi connectivity index (χ4n) is 3.87. The number of hydrogen-bond acceptors (Lipinski definition) is 6. The van der Waals surface area contributed by atoms with Gasteiger partial charge in [-0.25, -0.2) is 9.37 Å².